The largest absolute Gasteiger partial charge is 0.294 e. The number of carbonyl (C=O) groups is 1. The lowest BCUT2D eigenvalue weighted by molar-refractivity contribution is -0.125. The Hall–Kier alpha value is -2.15. The number of ketones is 1. The number of rotatable bonds is 1. The van der Waals surface area contributed by atoms with Crippen molar-refractivity contribution >= 4 is 11.9 Å². The van der Waals surface area contributed by atoms with Gasteiger partial charge in [-0.2, -0.15) is 0 Å². The van der Waals surface area contributed by atoms with Crippen LogP contribution in [0.2, 0.25) is 0 Å². The highest BCUT2D eigenvalue weighted by Gasteiger charge is 2.46. The molecule has 2 aromatic rings. The van der Waals surface area contributed by atoms with E-state index < -0.39 is 0 Å². The Balaban J connectivity index is 1.41. The van der Waals surface area contributed by atoms with Crippen LogP contribution < -0.4 is 0 Å². The van der Waals surface area contributed by atoms with Crippen molar-refractivity contribution in [2.24, 2.45) is 17.8 Å². The van der Waals surface area contributed by atoms with Crippen LogP contribution in [0.4, 0.5) is 0 Å². The molecule has 3 aliphatic carbocycles. The smallest absolute Gasteiger partial charge is 0.162 e. The SMILES string of the molecule is O=C1/C(=C/c2ccccc2)CCC2C1CCC1c3ccccc3CCC12. The van der Waals surface area contributed by atoms with Crippen molar-refractivity contribution < 1.29 is 4.79 Å². The van der Waals surface area contributed by atoms with Gasteiger partial charge in [0.25, 0.3) is 0 Å². The summed E-state index contributed by atoms with van der Waals surface area (Å²) in [6, 6.07) is 19.4. The molecular weight excluding hydrogens is 316 g/mol. The summed E-state index contributed by atoms with van der Waals surface area (Å²) in [5.74, 6) is 2.72. The van der Waals surface area contributed by atoms with Crippen molar-refractivity contribution in [3.8, 4) is 0 Å². The standard InChI is InChI=1S/C25H26O/c26-25-19(16-17-6-2-1-3-7-17)11-13-23-22-12-10-18-8-4-5-9-20(18)21(22)14-15-24(23)25/h1-9,16,21-24H,10-15H2/b19-16+. The van der Waals surface area contributed by atoms with Gasteiger partial charge < -0.3 is 0 Å². The van der Waals surface area contributed by atoms with Crippen molar-refractivity contribution in [3.63, 3.8) is 0 Å². The lowest BCUT2D eigenvalue weighted by Gasteiger charge is -2.48. The molecule has 2 fully saturated rings. The Morgan fingerprint density at radius 2 is 1.42 bits per heavy atom. The van der Waals surface area contributed by atoms with Gasteiger partial charge in [-0.15, -0.1) is 0 Å². The topological polar surface area (TPSA) is 17.1 Å². The minimum atomic E-state index is 0.269. The molecule has 1 heteroatoms. The van der Waals surface area contributed by atoms with E-state index in [4.69, 9.17) is 0 Å². The molecule has 2 saturated carbocycles. The molecule has 0 saturated heterocycles. The first kappa shape index (κ1) is 16.1. The highest BCUT2D eigenvalue weighted by molar-refractivity contribution is 6.02. The lowest BCUT2D eigenvalue weighted by Crippen LogP contribution is -2.42. The highest BCUT2D eigenvalue weighted by Crippen LogP contribution is 2.53. The molecule has 1 nitrogen and oxygen atoms in total. The van der Waals surface area contributed by atoms with E-state index in [2.05, 4.69) is 42.5 Å². The second-order valence-electron chi connectivity index (χ2n) is 8.34. The average molecular weight is 342 g/mol. The average Bonchev–Trinajstić information content (AvgIpc) is 2.70. The van der Waals surface area contributed by atoms with Gasteiger partial charge in [-0.1, -0.05) is 54.6 Å². The van der Waals surface area contributed by atoms with Crippen LogP contribution in [-0.4, -0.2) is 5.78 Å². The van der Waals surface area contributed by atoms with Crippen LogP contribution in [0.15, 0.2) is 60.2 Å². The predicted molar refractivity (Wildman–Crippen MR) is 106 cm³/mol. The monoisotopic (exact) mass is 342 g/mol. The molecule has 0 spiro atoms. The number of allylic oxidation sites excluding steroid dienone is 1. The number of Topliss-reactive ketones (excluding diaryl/α,β-unsaturated/α-hetero) is 1. The van der Waals surface area contributed by atoms with E-state index in [0.29, 0.717) is 23.5 Å². The van der Waals surface area contributed by atoms with Gasteiger partial charge in [-0.05, 0) is 84.6 Å². The maximum Gasteiger partial charge on any atom is 0.162 e. The quantitative estimate of drug-likeness (QED) is 0.598. The third-order valence-electron chi connectivity index (χ3n) is 7.11. The van der Waals surface area contributed by atoms with Gasteiger partial charge in [0.2, 0.25) is 0 Å². The van der Waals surface area contributed by atoms with E-state index in [1.54, 1.807) is 11.1 Å². The first-order valence-corrected chi connectivity index (χ1v) is 10.2. The Morgan fingerprint density at radius 3 is 2.31 bits per heavy atom. The molecule has 0 bridgehead atoms. The van der Waals surface area contributed by atoms with E-state index >= 15 is 0 Å². The van der Waals surface area contributed by atoms with Gasteiger partial charge in [-0.25, -0.2) is 0 Å². The summed E-state index contributed by atoms with van der Waals surface area (Å²) in [6.45, 7) is 0. The van der Waals surface area contributed by atoms with Crippen LogP contribution in [0.3, 0.4) is 0 Å². The zero-order valence-electron chi connectivity index (χ0n) is 15.2. The van der Waals surface area contributed by atoms with Crippen LogP contribution in [0.5, 0.6) is 0 Å². The summed E-state index contributed by atoms with van der Waals surface area (Å²) >= 11 is 0. The molecule has 4 unspecified atom stereocenters. The van der Waals surface area contributed by atoms with Gasteiger partial charge in [0.15, 0.2) is 5.78 Å². The molecule has 5 rings (SSSR count). The van der Waals surface area contributed by atoms with Crippen LogP contribution in [0.25, 0.3) is 6.08 Å². The summed E-state index contributed by atoms with van der Waals surface area (Å²) < 4.78 is 0. The van der Waals surface area contributed by atoms with Crippen molar-refractivity contribution in [1.29, 1.82) is 0 Å². The zero-order valence-corrected chi connectivity index (χ0v) is 15.2. The Morgan fingerprint density at radius 1 is 0.731 bits per heavy atom. The minimum absolute atomic E-state index is 0.269. The first-order valence-electron chi connectivity index (χ1n) is 10.2. The number of hydrogen-bond donors (Lipinski definition) is 0. The summed E-state index contributed by atoms with van der Waals surface area (Å²) in [5.41, 5.74) is 5.36. The lowest BCUT2D eigenvalue weighted by atomic mass is 9.56. The number of aryl methyl sites for hydroxylation is 1. The van der Waals surface area contributed by atoms with Crippen LogP contribution >= 0.6 is 0 Å². The van der Waals surface area contributed by atoms with Crippen LogP contribution in [0.1, 0.15) is 54.7 Å². The van der Waals surface area contributed by atoms with Crippen LogP contribution in [0, 0.1) is 17.8 Å². The van der Waals surface area contributed by atoms with Crippen molar-refractivity contribution in [2.45, 2.75) is 44.4 Å². The zero-order chi connectivity index (χ0) is 17.5. The highest BCUT2D eigenvalue weighted by atomic mass is 16.1. The molecule has 4 atom stereocenters. The maximum atomic E-state index is 13.2. The Kier molecular flexibility index (Phi) is 4.04. The second kappa shape index (κ2) is 6.54. The van der Waals surface area contributed by atoms with Crippen LogP contribution in [-0.2, 0) is 11.2 Å². The fourth-order valence-corrected chi connectivity index (χ4v) is 5.95. The molecule has 0 heterocycles. The van der Waals surface area contributed by atoms with Gasteiger partial charge in [-0.3, -0.25) is 4.79 Å². The van der Waals surface area contributed by atoms with Crippen molar-refractivity contribution in [3.05, 3.63) is 76.9 Å². The molecule has 0 N–H and O–H groups in total. The number of fused-ring (bicyclic) bond motifs is 5. The Bertz CT molecular complexity index is 847. The molecule has 2 aromatic carbocycles. The van der Waals surface area contributed by atoms with Gasteiger partial charge in [0.1, 0.15) is 0 Å². The van der Waals surface area contributed by atoms with E-state index in [-0.39, 0.29) is 5.92 Å². The number of hydrogen-bond acceptors (Lipinski definition) is 1. The third kappa shape index (κ3) is 2.65. The molecule has 0 amide bonds. The van der Waals surface area contributed by atoms with Gasteiger partial charge in [0, 0.05) is 5.92 Å². The maximum absolute atomic E-state index is 13.2. The van der Waals surface area contributed by atoms with E-state index in [9.17, 15) is 4.79 Å². The van der Waals surface area contributed by atoms with E-state index in [1.807, 2.05) is 18.2 Å². The van der Waals surface area contributed by atoms with Crippen molar-refractivity contribution in [2.75, 3.05) is 0 Å². The summed E-state index contributed by atoms with van der Waals surface area (Å²) in [4.78, 5) is 13.2. The fourth-order valence-electron chi connectivity index (χ4n) is 5.95. The van der Waals surface area contributed by atoms with E-state index in [0.717, 1.165) is 24.0 Å². The number of benzene rings is 2. The summed E-state index contributed by atoms with van der Waals surface area (Å²) in [5, 5.41) is 0. The molecule has 132 valence electrons. The second-order valence-corrected chi connectivity index (χ2v) is 8.34. The third-order valence-corrected chi connectivity index (χ3v) is 7.11. The minimum Gasteiger partial charge on any atom is -0.294 e. The molecular formula is C25H26O. The molecule has 0 radical (unpaired) electrons. The molecule has 0 aromatic heterocycles. The van der Waals surface area contributed by atoms with Crippen molar-refractivity contribution in [1.82, 2.24) is 0 Å². The summed E-state index contributed by atoms with van der Waals surface area (Å²) in [7, 11) is 0. The van der Waals surface area contributed by atoms with Gasteiger partial charge >= 0.3 is 0 Å². The normalized spacial score (nSPS) is 31.8. The summed E-state index contributed by atoms with van der Waals surface area (Å²) in [6.07, 6.45) is 9.02. The number of carbonyl (C=O) groups excluding carboxylic acids is 1. The molecule has 0 aliphatic heterocycles. The first-order chi connectivity index (χ1) is 12.8. The van der Waals surface area contributed by atoms with E-state index in [1.165, 1.54) is 25.7 Å². The van der Waals surface area contributed by atoms with Gasteiger partial charge in [0.05, 0.1) is 0 Å². The fraction of sp³-hybridized carbons (Fsp3) is 0.400. The predicted octanol–water partition coefficient (Wildman–Crippen LogP) is 5.81. The molecule has 26 heavy (non-hydrogen) atoms. The molecule has 3 aliphatic rings. The Labute approximate surface area is 156 Å².